The molecule has 0 aliphatic carbocycles. The van der Waals surface area contributed by atoms with E-state index in [-0.39, 0.29) is 5.82 Å². The van der Waals surface area contributed by atoms with Gasteiger partial charge in [-0.25, -0.2) is 9.37 Å². The Hall–Kier alpha value is -1.75. The summed E-state index contributed by atoms with van der Waals surface area (Å²) in [6, 6.07) is 4.26. The zero-order chi connectivity index (χ0) is 12.3. The van der Waals surface area contributed by atoms with E-state index in [0.717, 1.165) is 6.29 Å². The Kier molecular flexibility index (Phi) is 3.49. The molecule has 0 atom stereocenters. The van der Waals surface area contributed by atoms with Crippen LogP contribution in [0.2, 0.25) is 0 Å². The first-order valence-electron chi connectivity index (χ1n) is 5.08. The minimum absolute atomic E-state index is 0.355. The fraction of sp³-hybridized carbons (Fsp3) is 0.167. The molecule has 0 bridgehead atoms. The maximum atomic E-state index is 13.2. The summed E-state index contributed by atoms with van der Waals surface area (Å²) in [4.78, 5) is 15.2. The highest BCUT2D eigenvalue weighted by Gasteiger charge is 2.11. The molecule has 0 saturated carbocycles. The minimum Gasteiger partial charge on any atom is -0.493 e. The smallest absolute Gasteiger partial charge is 0.161 e. The summed E-state index contributed by atoms with van der Waals surface area (Å²) >= 11 is 1.21. The number of aromatic nitrogens is 1. The number of benzene rings is 1. The third kappa shape index (κ3) is 2.50. The van der Waals surface area contributed by atoms with Crippen LogP contribution in [0.3, 0.4) is 0 Å². The molecule has 5 heteroatoms. The van der Waals surface area contributed by atoms with Crippen LogP contribution < -0.4 is 4.74 Å². The summed E-state index contributed by atoms with van der Waals surface area (Å²) in [5.74, 6) is 0.215. The molecule has 2 rings (SSSR count). The van der Waals surface area contributed by atoms with E-state index in [4.69, 9.17) is 4.74 Å². The first-order valence-corrected chi connectivity index (χ1v) is 5.90. The lowest BCUT2D eigenvalue weighted by Gasteiger charge is -2.07. The first-order chi connectivity index (χ1) is 8.24. The molecule has 88 valence electrons. The van der Waals surface area contributed by atoms with Gasteiger partial charge in [-0.1, -0.05) is 0 Å². The van der Waals surface area contributed by atoms with Crippen molar-refractivity contribution in [1.82, 2.24) is 4.98 Å². The van der Waals surface area contributed by atoms with Gasteiger partial charge in [-0.3, -0.25) is 4.79 Å². The highest BCUT2D eigenvalue weighted by molar-refractivity contribution is 7.16. The summed E-state index contributed by atoms with van der Waals surface area (Å²) in [5.41, 5.74) is 0.574. The number of carbonyl (C=O) groups excluding carboxylic acids is 1. The Labute approximate surface area is 102 Å². The van der Waals surface area contributed by atoms with Gasteiger partial charge < -0.3 is 4.74 Å². The van der Waals surface area contributed by atoms with Gasteiger partial charge in [0.15, 0.2) is 6.29 Å². The normalized spacial score (nSPS) is 10.2. The maximum absolute atomic E-state index is 13.2. The van der Waals surface area contributed by atoms with Crippen LogP contribution in [0.15, 0.2) is 24.4 Å². The molecule has 0 aliphatic heterocycles. The third-order valence-electron chi connectivity index (χ3n) is 2.11. The highest BCUT2D eigenvalue weighted by atomic mass is 32.1. The van der Waals surface area contributed by atoms with Crippen molar-refractivity contribution in [2.24, 2.45) is 0 Å². The van der Waals surface area contributed by atoms with Crippen LogP contribution in [-0.4, -0.2) is 17.9 Å². The summed E-state index contributed by atoms with van der Waals surface area (Å²) in [6.07, 6.45) is 2.19. The molecule has 0 unspecified atom stereocenters. The molecule has 1 aromatic heterocycles. The van der Waals surface area contributed by atoms with Crippen molar-refractivity contribution in [2.75, 3.05) is 6.61 Å². The monoisotopic (exact) mass is 251 g/mol. The number of ether oxygens (including phenoxy) is 1. The van der Waals surface area contributed by atoms with Crippen molar-refractivity contribution in [3.05, 3.63) is 35.1 Å². The number of rotatable bonds is 4. The SMILES string of the molecule is CCOc1ccc(F)cc1-c1ncc(C=O)s1. The molecule has 1 aromatic carbocycles. The van der Waals surface area contributed by atoms with E-state index in [0.29, 0.717) is 27.8 Å². The lowest BCUT2D eigenvalue weighted by atomic mass is 10.2. The van der Waals surface area contributed by atoms with E-state index < -0.39 is 0 Å². The van der Waals surface area contributed by atoms with Crippen LogP contribution in [0.4, 0.5) is 4.39 Å². The van der Waals surface area contributed by atoms with Gasteiger partial charge in [0, 0.05) is 6.20 Å². The van der Waals surface area contributed by atoms with Gasteiger partial charge in [-0.2, -0.15) is 0 Å². The molecule has 3 nitrogen and oxygen atoms in total. The number of nitrogens with zero attached hydrogens (tertiary/aromatic N) is 1. The fourth-order valence-corrected chi connectivity index (χ4v) is 2.17. The van der Waals surface area contributed by atoms with E-state index in [1.54, 1.807) is 6.07 Å². The average Bonchev–Trinajstić information content (AvgIpc) is 2.80. The topological polar surface area (TPSA) is 39.2 Å². The van der Waals surface area contributed by atoms with Crippen LogP contribution in [-0.2, 0) is 0 Å². The Morgan fingerprint density at radius 3 is 3.00 bits per heavy atom. The molecule has 0 radical (unpaired) electrons. The van der Waals surface area contributed by atoms with Crippen molar-refractivity contribution in [1.29, 1.82) is 0 Å². The zero-order valence-electron chi connectivity index (χ0n) is 9.14. The predicted octanol–water partition coefficient (Wildman–Crippen LogP) is 3.16. The lowest BCUT2D eigenvalue weighted by Crippen LogP contribution is -1.94. The largest absolute Gasteiger partial charge is 0.493 e. The Morgan fingerprint density at radius 1 is 1.53 bits per heavy atom. The zero-order valence-corrected chi connectivity index (χ0v) is 9.96. The van der Waals surface area contributed by atoms with E-state index in [1.807, 2.05) is 6.92 Å². The van der Waals surface area contributed by atoms with Crippen molar-refractivity contribution in [3.63, 3.8) is 0 Å². The molecule has 0 N–H and O–H groups in total. The average molecular weight is 251 g/mol. The minimum atomic E-state index is -0.355. The van der Waals surface area contributed by atoms with Crippen molar-refractivity contribution in [2.45, 2.75) is 6.92 Å². The van der Waals surface area contributed by atoms with Gasteiger partial charge in [0.05, 0.1) is 17.0 Å². The van der Waals surface area contributed by atoms with Gasteiger partial charge in [-0.05, 0) is 25.1 Å². The number of thiazole rings is 1. The molecule has 0 aliphatic rings. The molecule has 2 aromatic rings. The Bertz CT molecular complexity index is 539. The molecular weight excluding hydrogens is 241 g/mol. The summed E-state index contributed by atoms with van der Waals surface area (Å²) in [5, 5.41) is 0.579. The number of hydrogen-bond donors (Lipinski definition) is 0. The number of aldehydes is 1. The third-order valence-corrected chi connectivity index (χ3v) is 3.07. The molecule has 0 fully saturated rings. The number of halogens is 1. The van der Waals surface area contributed by atoms with Gasteiger partial charge in [0.1, 0.15) is 16.6 Å². The maximum Gasteiger partial charge on any atom is 0.161 e. The predicted molar refractivity (Wildman–Crippen MR) is 64.1 cm³/mol. The Balaban J connectivity index is 2.48. The van der Waals surface area contributed by atoms with Crippen LogP contribution in [0.25, 0.3) is 10.6 Å². The molecule has 1 heterocycles. The number of carbonyl (C=O) groups is 1. The van der Waals surface area contributed by atoms with Gasteiger partial charge >= 0.3 is 0 Å². The van der Waals surface area contributed by atoms with Crippen LogP contribution in [0.5, 0.6) is 5.75 Å². The van der Waals surface area contributed by atoms with Crippen LogP contribution >= 0.6 is 11.3 Å². The molecule has 0 spiro atoms. The summed E-state index contributed by atoms with van der Waals surface area (Å²) in [7, 11) is 0. The quantitative estimate of drug-likeness (QED) is 0.783. The van der Waals surface area contributed by atoms with Crippen molar-refractivity contribution >= 4 is 17.6 Å². The van der Waals surface area contributed by atoms with E-state index in [2.05, 4.69) is 4.98 Å². The summed E-state index contributed by atoms with van der Waals surface area (Å²) in [6.45, 7) is 2.34. The van der Waals surface area contributed by atoms with Crippen molar-refractivity contribution < 1.29 is 13.9 Å². The molecule has 0 amide bonds. The van der Waals surface area contributed by atoms with Crippen molar-refractivity contribution in [3.8, 4) is 16.3 Å². The first kappa shape index (κ1) is 11.7. The van der Waals surface area contributed by atoms with E-state index in [9.17, 15) is 9.18 Å². The van der Waals surface area contributed by atoms with E-state index in [1.165, 1.54) is 29.7 Å². The standard InChI is InChI=1S/C12H10FNO2S/c1-2-16-11-4-3-8(13)5-10(11)12-14-6-9(7-15)17-12/h3-7H,2H2,1H3. The second kappa shape index (κ2) is 5.05. The van der Waals surface area contributed by atoms with Gasteiger partial charge in [-0.15, -0.1) is 11.3 Å². The summed E-state index contributed by atoms with van der Waals surface area (Å²) < 4.78 is 18.6. The van der Waals surface area contributed by atoms with Gasteiger partial charge in [0.25, 0.3) is 0 Å². The van der Waals surface area contributed by atoms with Crippen LogP contribution in [0, 0.1) is 5.82 Å². The second-order valence-corrected chi connectivity index (χ2v) is 4.32. The molecular formula is C12H10FNO2S. The second-order valence-electron chi connectivity index (χ2n) is 3.26. The molecule has 0 saturated heterocycles. The fourth-order valence-electron chi connectivity index (χ4n) is 1.42. The molecule has 17 heavy (non-hydrogen) atoms. The lowest BCUT2D eigenvalue weighted by molar-refractivity contribution is 0.112. The highest BCUT2D eigenvalue weighted by Crippen LogP contribution is 2.33. The number of hydrogen-bond acceptors (Lipinski definition) is 4. The van der Waals surface area contributed by atoms with Crippen LogP contribution in [0.1, 0.15) is 16.6 Å². The Morgan fingerprint density at radius 2 is 2.35 bits per heavy atom. The van der Waals surface area contributed by atoms with Gasteiger partial charge in [0.2, 0.25) is 0 Å². The van der Waals surface area contributed by atoms with E-state index >= 15 is 0 Å².